The number of rotatable bonds is 14. The van der Waals surface area contributed by atoms with Crippen LogP contribution in [0, 0.1) is 18.3 Å². The Morgan fingerprint density at radius 1 is 1.11 bits per heavy atom. The molecule has 3 aliphatic heterocycles. The maximum absolute atomic E-state index is 14.7. The molecule has 14 nitrogen and oxygen atoms in total. The van der Waals surface area contributed by atoms with E-state index < -0.39 is 53.1 Å². The van der Waals surface area contributed by atoms with E-state index in [2.05, 4.69) is 42.2 Å². The lowest BCUT2D eigenvalue weighted by Gasteiger charge is -2.35. The third kappa shape index (κ3) is 10.0. The third-order valence-electron chi connectivity index (χ3n) is 13.1. The van der Waals surface area contributed by atoms with Crippen LogP contribution in [0.4, 0.5) is 4.39 Å². The van der Waals surface area contributed by atoms with Crippen LogP contribution < -0.4 is 20.7 Å². The number of hydrogen-bond acceptors (Lipinski definition) is 12. The number of nitrogens with one attached hydrogen (secondary N) is 3. The number of nitrogens with zero attached hydrogens (tertiary/aromatic N) is 5. The fourth-order valence-electron chi connectivity index (χ4n) is 9.09. The van der Waals surface area contributed by atoms with E-state index in [-0.39, 0.29) is 38.3 Å². The SMILES string of the molecule is Cc1ncsc1-c1ccc(CNC(=O)[C@@H]2C[C@@H](O)CN2C(=O)[C@@H](NC(=O)C2(F)CC2)C(C)(C)C)c(OCCN2CCC(C3=CNCC3c3ccc(C4=CC=CCC4O)nn3)CC2)c1. The number of ether oxygens (including phenoxy) is 1. The third-order valence-corrected chi connectivity index (χ3v) is 14.0. The van der Waals surface area contributed by atoms with Gasteiger partial charge in [0.25, 0.3) is 5.91 Å². The van der Waals surface area contributed by atoms with Gasteiger partial charge in [-0.05, 0) is 99.0 Å². The number of aromatic nitrogens is 3. The molecule has 2 aliphatic carbocycles. The molecule has 0 bridgehead atoms. The molecule has 5 heterocycles. The number of halogens is 1. The Labute approximate surface area is 372 Å². The molecule has 2 saturated heterocycles. The molecule has 1 saturated carbocycles. The van der Waals surface area contributed by atoms with E-state index in [4.69, 9.17) is 4.74 Å². The van der Waals surface area contributed by atoms with Gasteiger partial charge in [-0.3, -0.25) is 19.3 Å². The molecular weight excluding hydrogens is 824 g/mol. The Balaban J connectivity index is 0.879. The first kappa shape index (κ1) is 44.6. The number of likely N-dealkylation sites (tertiary alicyclic amines) is 2. The van der Waals surface area contributed by atoms with Gasteiger partial charge in [0.1, 0.15) is 24.4 Å². The lowest BCUT2D eigenvalue weighted by atomic mass is 9.82. The summed E-state index contributed by atoms with van der Waals surface area (Å²) in [5, 5.41) is 39.2. The van der Waals surface area contributed by atoms with E-state index in [1.165, 1.54) is 10.5 Å². The van der Waals surface area contributed by atoms with Crippen molar-refractivity contribution in [3.8, 4) is 16.2 Å². The average molecular weight is 883 g/mol. The lowest BCUT2D eigenvalue weighted by molar-refractivity contribution is -0.145. The zero-order valence-electron chi connectivity index (χ0n) is 36.5. The molecule has 3 amide bonds. The molecule has 2 unspecified atom stereocenters. The molecular formula is C47H59FN8O6S. The molecule has 1 aromatic carbocycles. The monoisotopic (exact) mass is 882 g/mol. The average Bonchev–Trinajstić information content (AvgIpc) is 3.58. The highest BCUT2D eigenvalue weighted by molar-refractivity contribution is 7.13. The van der Waals surface area contributed by atoms with Crippen LogP contribution in [0.1, 0.15) is 87.9 Å². The number of amides is 3. The van der Waals surface area contributed by atoms with Gasteiger partial charge in [0.05, 0.1) is 39.7 Å². The molecule has 2 aromatic heterocycles. The molecule has 0 radical (unpaired) electrons. The molecule has 5 atom stereocenters. The highest BCUT2D eigenvalue weighted by atomic mass is 32.1. The second kappa shape index (κ2) is 18.6. The van der Waals surface area contributed by atoms with E-state index in [1.54, 1.807) is 32.1 Å². The molecule has 16 heteroatoms. The number of aliphatic hydroxyl groups is 2. The van der Waals surface area contributed by atoms with Crippen LogP contribution in [0.5, 0.6) is 5.75 Å². The number of allylic oxidation sites excluding steroid dienone is 2. The number of alkyl halides is 1. The van der Waals surface area contributed by atoms with Crippen LogP contribution >= 0.6 is 11.3 Å². The highest BCUT2D eigenvalue weighted by Crippen LogP contribution is 2.41. The van der Waals surface area contributed by atoms with Gasteiger partial charge in [0.2, 0.25) is 11.8 Å². The topological polar surface area (TPSA) is 182 Å². The predicted octanol–water partition coefficient (Wildman–Crippen LogP) is 4.59. The smallest absolute Gasteiger partial charge is 0.258 e. The molecule has 5 N–H and O–H groups in total. The van der Waals surface area contributed by atoms with Crippen LogP contribution in [0.25, 0.3) is 16.0 Å². The quantitative estimate of drug-likeness (QED) is 0.153. The zero-order chi connectivity index (χ0) is 44.5. The second-order valence-electron chi connectivity index (χ2n) is 18.7. The minimum Gasteiger partial charge on any atom is -0.492 e. The number of carbonyl (C=O) groups excluding carboxylic acids is 3. The Kier molecular flexibility index (Phi) is 13.2. The minimum atomic E-state index is -1.96. The van der Waals surface area contributed by atoms with Gasteiger partial charge in [0.15, 0.2) is 5.67 Å². The zero-order valence-corrected chi connectivity index (χ0v) is 37.3. The molecule has 336 valence electrons. The summed E-state index contributed by atoms with van der Waals surface area (Å²) in [6.07, 6.45) is 9.31. The van der Waals surface area contributed by atoms with Gasteiger partial charge in [-0.2, -0.15) is 10.2 Å². The van der Waals surface area contributed by atoms with E-state index in [0.717, 1.165) is 72.0 Å². The summed E-state index contributed by atoms with van der Waals surface area (Å²) in [5.74, 6) is -0.584. The molecule has 5 aliphatic rings. The van der Waals surface area contributed by atoms with E-state index in [1.807, 2.05) is 61.0 Å². The number of thiazole rings is 1. The van der Waals surface area contributed by atoms with E-state index >= 15 is 0 Å². The predicted molar refractivity (Wildman–Crippen MR) is 238 cm³/mol. The Morgan fingerprint density at radius 3 is 2.59 bits per heavy atom. The van der Waals surface area contributed by atoms with Crippen molar-refractivity contribution in [1.29, 1.82) is 0 Å². The molecule has 3 fully saturated rings. The summed E-state index contributed by atoms with van der Waals surface area (Å²) < 4.78 is 21.2. The fraction of sp³-hybridized carbons (Fsp3) is 0.532. The number of piperidine rings is 1. The number of benzene rings is 1. The summed E-state index contributed by atoms with van der Waals surface area (Å²) in [6.45, 7) is 11.1. The molecule has 8 rings (SSSR count). The van der Waals surface area contributed by atoms with Crippen LogP contribution in [0.15, 0.2) is 65.8 Å². The van der Waals surface area contributed by atoms with E-state index in [0.29, 0.717) is 30.4 Å². The Morgan fingerprint density at radius 2 is 1.90 bits per heavy atom. The molecule has 0 spiro atoms. The summed E-state index contributed by atoms with van der Waals surface area (Å²) in [5.41, 5.74) is 5.50. The van der Waals surface area contributed by atoms with Crippen molar-refractivity contribution >= 4 is 34.6 Å². The van der Waals surface area contributed by atoms with Gasteiger partial charge in [-0.25, -0.2) is 9.37 Å². The number of aliphatic hydroxyl groups excluding tert-OH is 2. The summed E-state index contributed by atoms with van der Waals surface area (Å²) in [7, 11) is 0. The number of hydrogen-bond donors (Lipinski definition) is 5. The van der Waals surface area contributed by atoms with Crippen LogP contribution in [0.3, 0.4) is 0 Å². The number of β-amino-alcohol motifs (C(OH)–C–C–N with tert-alkyl or cyclic N) is 1. The first-order valence-electron chi connectivity index (χ1n) is 22.2. The highest BCUT2D eigenvalue weighted by Gasteiger charge is 2.53. The van der Waals surface area contributed by atoms with E-state index in [9.17, 15) is 29.0 Å². The second-order valence-corrected chi connectivity index (χ2v) is 19.5. The minimum absolute atomic E-state index is 0.0389. The molecule has 3 aromatic rings. The normalized spacial score (nSPS) is 24.0. The lowest BCUT2D eigenvalue weighted by Crippen LogP contribution is -2.59. The van der Waals surface area contributed by atoms with Gasteiger partial charge >= 0.3 is 0 Å². The van der Waals surface area contributed by atoms with Gasteiger partial charge in [-0.15, -0.1) is 11.3 Å². The largest absolute Gasteiger partial charge is 0.492 e. The van der Waals surface area contributed by atoms with Crippen molar-refractivity contribution < 1.29 is 33.7 Å². The summed E-state index contributed by atoms with van der Waals surface area (Å²) >= 11 is 1.55. The fourth-order valence-corrected chi connectivity index (χ4v) is 9.90. The standard InChI is InChI=1S/C47H59FN8O6S/c1-28-41(63-27-51-28)30-9-10-31(23-50-43(59)38-22-32(57)26-56(38)44(60)42(46(2,3)4)52-45(61)47(48)15-16-47)40(21-30)62-20-19-55-17-13-29(14-18-55)34-24-49-25-35(34)37-12-11-36(53-54-37)33-7-5-6-8-39(33)58/h5-7,9-12,21,24,27,29,32,35,38-39,42,49,57-58H,8,13-20,22-23,25-26H2,1-4H3,(H,50,59)(H,52,61)/t32-,35?,38+,39?,42-/m1/s1. The van der Waals surface area contributed by atoms with Crippen molar-refractivity contribution in [2.45, 2.75) is 109 Å². The first-order valence-corrected chi connectivity index (χ1v) is 23.0. The summed E-state index contributed by atoms with van der Waals surface area (Å²) in [6, 6.07) is 7.85. The Hall–Kier alpha value is -5.03. The molecule has 63 heavy (non-hydrogen) atoms. The number of aryl methyl sites for hydroxylation is 1. The van der Waals surface area contributed by atoms with Crippen LogP contribution in [-0.2, 0) is 20.9 Å². The number of carbonyl (C=O) groups is 3. The maximum Gasteiger partial charge on any atom is 0.258 e. The first-order chi connectivity index (χ1) is 30.2. The van der Waals surface area contributed by atoms with Crippen molar-refractivity contribution in [2.75, 3.05) is 39.3 Å². The summed E-state index contributed by atoms with van der Waals surface area (Å²) in [4.78, 5) is 49.7. The van der Waals surface area contributed by atoms with Crippen LogP contribution in [-0.4, -0.2) is 122 Å². The van der Waals surface area contributed by atoms with Gasteiger partial charge in [-0.1, -0.05) is 51.1 Å². The van der Waals surface area contributed by atoms with Crippen molar-refractivity contribution in [1.82, 2.24) is 40.9 Å². The Bertz CT molecular complexity index is 2260. The van der Waals surface area contributed by atoms with Crippen molar-refractivity contribution in [3.63, 3.8) is 0 Å². The maximum atomic E-state index is 14.7. The van der Waals surface area contributed by atoms with Gasteiger partial charge in [0, 0.05) is 49.7 Å². The van der Waals surface area contributed by atoms with Crippen LogP contribution in [0.2, 0.25) is 0 Å². The van der Waals surface area contributed by atoms with Crippen molar-refractivity contribution in [3.05, 3.63) is 88.5 Å². The van der Waals surface area contributed by atoms with Crippen molar-refractivity contribution in [2.24, 2.45) is 11.3 Å². The van der Waals surface area contributed by atoms with Gasteiger partial charge < -0.3 is 35.8 Å².